The van der Waals surface area contributed by atoms with Gasteiger partial charge in [0.25, 0.3) is 15.2 Å². The van der Waals surface area contributed by atoms with Gasteiger partial charge in [0, 0.05) is 0 Å². The molecule has 0 aliphatic heterocycles. The second kappa shape index (κ2) is 8.97. The van der Waals surface area contributed by atoms with E-state index in [9.17, 15) is 13.2 Å². The van der Waals surface area contributed by atoms with Crippen molar-refractivity contribution in [1.82, 2.24) is 4.98 Å². The number of oxazole rings is 1. The van der Waals surface area contributed by atoms with Crippen LogP contribution in [0.1, 0.15) is 16.3 Å². The second-order valence-electron chi connectivity index (χ2n) is 6.46. The van der Waals surface area contributed by atoms with Gasteiger partial charge in [0.15, 0.2) is 5.58 Å². The number of esters is 1. The van der Waals surface area contributed by atoms with E-state index in [2.05, 4.69) is 14.4 Å². The van der Waals surface area contributed by atoms with Gasteiger partial charge in [-0.1, -0.05) is 23.9 Å². The Morgan fingerprint density at radius 2 is 1.91 bits per heavy atom. The first-order valence-corrected chi connectivity index (χ1v) is 11.7. The van der Waals surface area contributed by atoms with E-state index >= 15 is 0 Å². The third kappa shape index (κ3) is 4.58. The van der Waals surface area contributed by atoms with Crippen molar-refractivity contribution in [2.45, 2.75) is 15.9 Å². The van der Waals surface area contributed by atoms with E-state index in [1.807, 2.05) is 0 Å². The SMILES string of the molecule is COC(=O)c1ccc(CSc2nc3cc(S(=O)(=O)Nc4ccccc4OC)ccc3o2)o1. The summed E-state index contributed by atoms with van der Waals surface area (Å²) in [6.07, 6.45) is 0. The fraction of sp³-hybridized carbons (Fsp3) is 0.143. The van der Waals surface area contributed by atoms with E-state index in [4.69, 9.17) is 13.6 Å². The summed E-state index contributed by atoms with van der Waals surface area (Å²) < 4.78 is 49.1. The Bertz CT molecular complexity index is 1380. The summed E-state index contributed by atoms with van der Waals surface area (Å²) in [5.74, 6) is 0.869. The molecule has 0 amide bonds. The minimum absolute atomic E-state index is 0.0366. The van der Waals surface area contributed by atoms with E-state index < -0.39 is 16.0 Å². The smallest absolute Gasteiger partial charge is 0.373 e. The fourth-order valence-electron chi connectivity index (χ4n) is 2.85. The van der Waals surface area contributed by atoms with E-state index in [-0.39, 0.29) is 10.7 Å². The Kier molecular flexibility index (Phi) is 6.10. The average molecular weight is 475 g/mol. The van der Waals surface area contributed by atoms with Crippen molar-refractivity contribution in [2.24, 2.45) is 0 Å². The molecule has 4 aromatic rings. The van der Waals surface area contributed by atoms with Gasteiger partial charge in [0.05, 0.1) is 30.6 Å². The Hall–Kier alpha value is -3.44. The predicted molar refractivity (Wildman–Crippen MR) is 117 cm³/mol. The van der Waals surface area contributed by atoms with Crippen LogP contribution in [0, 0.1) is 0 Å². The number of fused-ring (bicyclic) bond motifs is 1. The number of rotatable bonds is 8. The van der Waals surface area contributed by atoms with Crippen LogP contribution in [0.15, 0.2) is 73.5 Å². The molecule has 0 unspecified atom stereocenters. The third-order valence-electron chi connectivity index (χ3n) is 4.39. The van der Waals surface area contributed by atoms with E-state index in [1.54, 1.807) is 36.4 Å². The molecule has 9 nitrogen and oxygen atoms in total. The highest BCUT2D eigenvalue weighted by Crippen LogP contribution is 2.30. The molecule has 2 aromatic heterocycles. The molecule has 0 aliphatic carbocycles. The molecule has 0 fully saturated rings. The Morgan fingerprint density at radius 1 is 1.09 bits per heavy atom. The third-order valence-corrected chi connectivity index (χ3v) is 6.60. The molecule has 166 valence electrons. The van der Waals surface area contributed by atoms with Gasteiger partial charge >= 0.3 is 5.97 Å². The number of carbonyl (C=O) groups is 1. The van der Waals surface area contributed by atoms with Crippen molar-refractivity contribution in [3.63, 3.8) is 0 Å². The monoisotopic (exact) mass is 474 g/mol. The number of sulfonamides is 1. The molecule has 0 atom stereocenters. The van der Waals surface area contributed by atoms with Crippen LogP contribution in [-0.2, 0) is 20.5 Å². The van der Waals surface area contributed by atoms with Crippen molar-refractivity contribution >= 4 is 44.5 Å². The average Bonchev–Trinajstić information content (AvgIpc) is 3.43. The quantitative estimate of drug-likeness (QED) is 0.294. The highest BCUT2D eigenvalue weighted by molar-refractivity contribution is 7.98. The lowest BCUT2D eigenvalue weighted by atomic mass is 10.3. The Morgan fingerprint density at radius 3 is 2.69 bits per heavy atom. The molecule has 0 saturated carbocycles. The topological polar surface area (TPSA) is 121 Å². The minimum Gasteiger partial charge on any atom is -0.495 e. The van der Waals surface area contributed by atoms with Crippen molar-refractivity contribution in [1.29, 1.82) is 0 Å². The van der Waals surface area contributed by atoms with E-state index in [1.165, 1.54) is 44.2 Å². The summed E-state index contributed by atoms with van der Waals surface area (Å²) in [7, 11) is -1.13. The first-order chi connectivity index (χ1) is 15.4. The summed E-state index contributed by atoms with van der Waals surface area (Å²) in [6.45, 7) is 0. The van der Waals surface area contributed by atoms with Gasteiger partial charge in [-0.25, -0.2) is 18.2 Å². The molecular weight excluding hydrogens is 456 g/mol. The zero-order valence-electron chi connectivity index (χ0n) is 17.0. The molecule has 0 saturated heterocycles. The van der Waals surface area contributed by atoms with Crippen molar-refractivity contribution < 1.29 is 31.5 Å². The molecule has 2 aromatic carbocycles. The molecule has 11 heteroatoms. The number of benzene rings is 2. The summed E-state index contributed by atoms with van der Waals surface area (Å²) in [5, 5.41) is 0.336. The van der Waals surface area contributed by atoms with Gasteiger partial charge in [0.1, 0.15) is 17.0 Å². The van der Waals surface area contributed by atoms with Crippen LogP contribution in [-0.4, -0.2) is 33.6 Å². The number of hydrogen-bond donors (Lipinski definition) is 1. The number of furan rings is 1. The van der Waals surface area contributed by atoms with Gasteiger partial charge in [-0.05, 0) is 42.5 Å². The van der Waals surface area contributed by atoms with Crippen LogP contribution in [0.2, 0.25) is 0 Å². The van der Waals surface area contributed by atoms with Gasteiger partial charge in [-0.15, -0.1) is 0 Å². The maximum absolute atomic E-state index is 12.8. The number of nitrogens with zero attached hydrogens (tertiary/aromatic N) is 1. The summed E-state index contributed by atoms with van der Waals surface area (Å²) in [6, 6.07) is 14.3. The van der Waals surface area contributed by atoms with Crippen LogP contribution in [0.5, 0.6) is 5.75 Å². The van der Waals surface area contributed by atoms with Crippen molar-refractivity contribution in [3.8, 4) is 5.75 Å². The zero-order valence-corrected chi connectivity index (χ0v) is 18.7. The lowest BCUT2D eigenvalue weighted by Gasteiger charge is -2.11. The highest BCUT2D eigenvalue weighted by Gasteiger charge is 2.19. The molecule has 1 N–H and O–H groups in total. The van der Waals surface area contributed by atoms with Crippen LogP contribution in [0.25, 0.3) is 11.1 Å². The first-order valence-electron chi connectivity index (χ1n) is 9.26. The molecule has 2 heterocycles. The summed E-state index contributed by atoms with van der Waals surface area (Å²) in [4.78, 5) is 15.9. The molecule has 0 spiro atoms. The number of ether oxygens (including phenoxy) is 2. The molecule has 4 rings (SSSR count). The number of aromatic nitrogens is 1. The fourth-order valence-corrected chi connectivity index (χ4v) is 4.67. The van der Waals surface area contributed by atoms with Gasteiger partial charge < -0.3 is 18.3 Å². The predicted octanol–water partition coefficient (Wildman–Crippen LogP) is 4.31. The van der Waals surface area contributed by atoms with Crippen LogP contribution < -0.4 is 9.46 Å². The minimum atomic E-state index is -3.87. The molecular formula is C21H18N2O7S2. The van der Waals surface area contributed by atoms with E-state index in [0.717, 1.165) is 0 Å². The number of hydrogen-bond acceptors (Lipinski definition) is 9. The standard InChI is InChI=1S/C21H18N2O7S2/c1-27-17-6-4-3-5-15(17)23-32(25,26)14-8-10-18-16(11-14)22-21(30-18)31-12-13-7-9-19(29-13)20(24)28-2/h3-11,23H,12H2,1-2H3. The lowest BCUT2D eigenvalue weighted by molar-refractivity contribution is 0.0563. The van der Waals surface area contributed by atoms with Crippen LogP contribution in [0.4, 0.5) is 5.69 Å². The largest absolute Gasteiger partial charge is 0.495 e. The number of thioether (sulfide) groups is 1. The molecule has 0 bridgehead atoms. The van der Waals surface area contributed by atoms with E-state index in [0.29, 0.717) is 39.3 Å². The molecule has 0 radical (unpaired) electrons. The normalized spacial score (nSPS) is 11.4. The molecule has 32 heavy (non-hydrogen) atoms. The van der Waals surface area contributed by atoms with Crippen LogP contribution in [0.3, 0.4) is 0 Å². The molecule has 0 aliphatic rings. The number of para-hydroxylation sites is 2. The first kappa shape index (κ1) is 21.8. The zero-order chi connectivity index (χ0) is 22.7. The van der Waals surface area contributed by atoms with Crippen molar-refractivity contribution in [2.75, 3.05) is 18.9 Å². The number of methoxy groups -OCH3 is 2. The van der Waals surface area contributed by atoms with Gasteiger partial charge in [0.2, 0.25) is 5.76 Å². The van der Waals surface area contributed by atoms with Gasteiger partial charge in [-0.3, -0.25) is 4.72 Å². The number of anilines is 1. The second-order valence-corrected chi connectivity index (χ2v) is 9.07. The van der Waals surface area contributed by atoms with Crippen molar-refractivity contribution in [3.05, 3.63) is 66.1 Å². The highest BCUT2D eigenvalue weighted by atomic mass is 32.2. The van der Waals surface area contributed by atoms with Gasteiger partial charge in [-0.2, -0.15) is 0 Å². The summed E-state index contributed by atoms with van der Waals surface area (Å²) in [5.41, 5.74) is 1.17. The summed E-state index contributed by atoms with van der Waals surface area (Å²) >= 11 is 1.25. The number of nitrogens with one attached hydrogen (secondary N) is 1. The Labute approximate surface area is 187 Å². The lowest BCUT2D eigenvalue weighted by Crippen LogP contribution is -2.13. The van der Waals surface area contributed by atoms with Crippen LogP contribution >= 0.6 is 11.8 Å². The maximum Gasteiger partial charge on any atom is 0.373 e. The maximum atomic E-state index is 12.8. The Balaban J connectivity index is 1.51. The number of carbonyl (C=O) groups excluding carboxylic acids is 1.